The van der Waals surface area contributed by atoms with Crippen LogP contribution in [-0.2, 0) is 17.6 Å². The van der Waals surface area contributed by atoms with Crippen molar-refractivity contribution >= 4 is 11.5 Å². The third kappa shape index (κ3) is 25.5. The summed E-state index contributed by atoms with van der Waals surface area (Å²) < 4.78 is 11.0. The van der Waals surface area contributed by atoms with Crippen LogP contribution in [-0.4, -0.2) is 35.2 Å². The van der Waals surface area contributed by atoms with Crippen molar-refractivity contribution in [3.8, 4) is 12.8 Å². The molecular weight excluding hydrogens is 606 g/mol. The molecule has 1 aromatic carbocycles. The highest BCUT2D eigenvalue weighted by Gasteiger charge is 2.17. The van der Waals surface area contributed by atoms with Gasteiger partial charge in [0.1, 0.15) is 18.3 Å². The van der Waals surface area contributed by atoms with Gasteiger partial charge in [-0.3, -0.25) is 9.79 Å². The lowest BCUT2D eigenvalue weighted by Gasteiger charge is -2.21. The Morgan fingerprint density at radius 3 is 2.02 bits per heavy atom. The second-order valence-electron chi connectivity index (χ2n) is 11.2. The second kappa shape index (κ2) is 33.7. The number of hydrogen-bond acceptors (Lipinski definition) is 4. The van der Waals surface area contributed by atoms with Gasteiger partial charge >= 0.3 is 0 Å². The average molecular weight is 672 g/mol. The highest BCUT2D eigenvalue weighted by atomic mass is 19.1. The van der Waals surface area contributed by atoms with Crippen LogP contribution in [0.2, 0.25) is 0 Å². The number of carbonyl (C=O) groups is 1. The van der Waals surface area contributed by atoms with Gasteiger partial charge in [-0.25, -0.2) is 14.4 Å². The fourth-order valence-electron chi connectivity index (χ4n) is 4.50. The number of nitrogens with zero attached hydrogens (tertiary/aromatic N) is 3. The third-order valence-electron chi connectivity index (χ3n) is 7.18. The van der Waals surface area contributed by atoms with Gasteiger partial charge in [0.05, 0.1) is 5.71 Å². The number of rotatable bonds is 15. The Bertz CT molecular complexity index is 1310. The van der Waals surface area contributed by atoms with Gasteiger partial charge in [-0.2, -0.15) is 0 Å². The van der Waals surface area contributed by atoms with Crippen molar-refractivity contribution in [3.63, 3.8) is 0 Å². The summed E-state index contributed by atoms with van der Waals surface area (Å²) in [6.45, 7) is 25.1. The lowest BCUT2D eigenvalue weighted by atomic mass is 9.85. The van der Waals surface area contributed by atoms with Gasteiger partial charge in [-0.05, 0) is 81.2 Å². The molecule has 2 rings (SSSR count). The van der Waals surface area contributed by atoms with Crippen molar-refractivity contribution < 1.29 is 9.18 Å². The van der Waals surface area contributed by atoms with E-state index in [4.69, 9.17) is 0 Å². The molecule has 49 heavy (non-hydrogen) atoms. The summed E-state index contributed by atoms with van der Waals surface area (Å²) >= 11 is 0. The fraction of sp³-hybridized carbons (Fsp3) is 0.455. The van der Waals surface area contributed by atoms with Crippen LogP contribution in [0.4, 0.5) is 4.39 Å². The molecule has 0 bridgehead atoms. The Hall–Kier alpha value is -4.17. The minimum Gasteiger partial charge on any atom is -0.299 e. The van der Waals surface area contributed by atoms with E-state index in [-0.39, 0.29) is 12.6 Å². The van der Waals surface area contributed by atoms with E-state index < -0.39 is 0 Å². The van der Waals surface area contributed by atoms with Gasteiger partial charge in [0, 0.05) is 38.2 Å². The first-order valence-electron chi connectivity index (χ1n) is 17.6. The summed E-state index contributed by atoms with van der Waals surface area (Å²) in [4.78, 5) is 26.3. The zero-order valence-corrected chi connectivity index (χ0v) is 32.4. The molecule has 0 aliphatic heterocycles. The summed E-state index contributed by atoms with van der Waals surface area (Å²) in [6.07, 6.45) is 20.0. The molecule has 1 aromatic heterocycles. The van der Waals surface area contributed by atoms with Crippen LogP contribution in [0.1, 0.15) is 104 Å². The van der Waals surface area contributed by atoms with E-state index in [0.29, 0.717) is 23.7 Å². The first kappa shape index (κ1) is 49.2. The maximum Gasteiger partial charge on any atom is 0.140 e. The molecular formula is C44H66FN3O. The summed E-state index contributed by atoms with van der Waals surface area (Å²) in [7, 11) is 1.82. The van der Waals surface area contributed by atoms with Gasteiger partial charge in [0.25, 0.3) is 0 Å². The van der Waals surface area contributed by atoms with Crippen molar-refractivity contribution in [1.82, 2.24) is 9.97 Å². The number of halogens is 1. The number of alkyl halides is 1. The standard InChI is InChI=1S/C34H45N3O.C4H7F.2C2H6.C2H2/c1-7-30(31(25-32(35-6)26(2)3)20-21-34-36-22-13-23-37-34)17-12-15-28(5)33(38)24-29-16-11-9-8-10-14-27(4)18-19-29;1-4(2)3-5;3*1-2/h8-11,13-14,16,18-19,22-23,25,28,30H,2,7,12,15,17,20-21,24H2,1,3-6H3;1,3H2,2H3;2*1-2H3;1-2H/b9-8?,10-8?,11-9?,14-10?,16-11?,19-18?,27-14?,27-18?,29-16?,29-19?,31-25+,35-32?;;;;. The molecule has 0 aliphatic rings. The molecule has 270 valence electrons. The first-order valence-corrected chi connectivity index (χ1v) is 17.6. The molecule has 0 saturated heterocycles. The normalized spacial score (nSPS) is 11.4. The Kier molecular flexibility index (Phi) is 33.9. The minimum absolute atomic E-state index is 0.0334. The predicted molar refractivity (Wildman–Crippen MR) is 214 cm³/mol. The van der Waals surface area contributed by atoms with Gasteiger partial charge in [-0.15, -0.1) is 12.8 Å². The molecule has 0 aliphatic carbocycles. The van der Waals surface area contributed by atoms with E-state index >= 15 is 0 Å². The smallest absolute Gasteiger partial charge is 0.140 e. The molecule has 0 saturated carbocycles. The number of Topliss-reactive ketones (excluding diaryl/α,β-unsaturated/α-hetero) is 1. The van der Waals surface area contributed by atoms with Crippen molar-refractivity contribution in [1.29, 1.82) is 0 Å². The molecule has 0 spiro atoms. The molecule has 0 N–H and O–H groups in total. The maximum atomic E-state index is 13.1. The van der Waals surface area contributed by atoms with Crippen LogP contribution in [0, 0.1) is 31.6 Å². The number of hydrogen-bond donors (Lipinski definition) is 0. The van der Waals surface area contributed by atoms with E-state index in [1.807, 2.05) is 78.1 Å². The van der Waals surface area contributed by atoms with E-state index in [0.717, 1.165) is 61.2 Å². The maximum absolute atomic E-state index is 13.1. The molecule has 2 aromatic rings. The number of aryl methyl sites for hydroxylation is 2. The summed E-state index contributed by atoms with van der Waals surface area (Å²) in [6, 6.07) is 18.1. The molecule has 0 radical (unpaired) electrons. The lowest BCUT2D eigenvalue weighted by molar-refractivity contribution is -0.121. The molecule has 2 unspecified atom stereocenters. The second-order valence-corrected chi connectivity index (χ2v) is 11.2. The lowest BCUT2D eigenvalue weighted by Crippen LogP contribution is -2.15. The Balaban J connectivity index is -0.00000170. The zero-order valence-electron chi connectivity index (χ0n) is 32.4. The molecule has 5 heteroatoms. The Labute approximate surface area is 300 Å². The Morgan fingerprint density at radius 1 is 0.939 bits per heavy atom. The van der Waals surface area contributed by atoms with Crippen LogP contribution in [0.25, 0.3) is 0 Å². The average Bonchev–Trinajstić information content (AvgIpc) is 3.13. The van der Waals surface area contributed by atoms with Gasteiger partial charge in [0.2, 0.25) is 0 Å². The SMILES string of the molecule is C#C.C=C(C)C(/C=C(\CCc1ncccn1)C(CC)CCCC(C)C(=O)Cc1ccccccc(C)cc1)=NC.C=C(C)CF.CC.CC. The van der Waals surface area contributed by atoms with Crippen LogP contribution < -0.4 is 0 Å². The van der Waals surface area contributed by atoms with Crippen LogP contribution in [0.3, 0.4) is 0 Å². The van der Waals surface area contributed by atoms with Crippen LogP contribution >= 0.6 is 0 Å². The quantitative estimate of drug-likeness (QED) is 0.108. The van der Waals surface area contributed by atoms with Crippen LogP contribution in [0.15, 0.2) is 108 Å². The summed E-state index contributed by atoms with van der Waals surface area (Å²) in [5, 5.41) is 0. The largest absolute Gasteiger partial charge is 0.299 e. The topological polar surface area (TPSA) is 55.2 Å². The van der Waals surface area contributed by atoms with Gasteiger partial charge < -0.3 is 0 Å². The minimum atomic E-state index is -0.389. The predicted octanol–water partition coefficient (Wildman–Crippen LogP) is 11.9. The molecule has 2 atom stereocenters. The van der Waals surface area contributed by atoms with Crippen molar-refractivity contribution in [2.24, 2.45) is 16.8 Å². The number of aliphatic imine (C=N–C) groups is 1. The van der Waals surface area contributed by atoms with Crippen molar-refractivity contribution in [2.75, 3.05) is 13.7 Å². The first-order chi connectivity index (χ1) is 23.6. The van der Waals surface area contributed by atoms with E-state index in [1.165, 1.54) is 11.1 Å². The van der Waals surface area contributed by atoms with Gasteiger partial charge in [-0.1, -0.05) is 121 Å². The Morgan fingerprint density at radius 2 is 1.51 bits per heavy atom. The monoisotopic (exact) mass is 672 g/mol. The highest BCUT2D eigenvalue weighted by molar-refractivity contribution is 6.07. The van der Waals surface area contributed by atoms with E-state index in [1.54, 1.807) is 19.3 Å². The number of terminal acetylenes is 1. The molecule has 0 amide bonds. The number of aromatic nitrogens is 2. The number of ketones is 1. The van der Waals surface area contributed by atoms with E-state index in [9.17, 15) is 9.18 Å². The molecule has 0 fully saturated rings. The van der Waals surface area contributed by atoms with E-state index in [2.05, 4.69) is 86.0 Å². The molecule has 1 heterocycles. The zero-order chi connectivity index (χ0) is 38.0. The fourth-order valence-corrected chi connectivity index (χ4v) is 4.50. The van der Waals surface area contributed by atoms with Crippen LogP contribution in [0.5, 0.6) is 0 Å². The highest BCUT2D eigenvalue weighted by Crippen LogP contribution is 2.27. The van der Waals surface area contributed by atoms with Crippen molar-refractivity contribution in [2.45, 2.75) is 107 Å². The molecule has 4 nitrogen and oxygen atoms in total. The summed E-state index contributed by atoms with van der Waals surface area (Å²) in [5.41, 5.74) is 6.08. The number of allylic oxidation sites excluding steroid dienone is 4. The number of carbonyl (C=O) groups excluding carboxylic acids is 1. The van der Waals surface area contributed by atoms with Crippen molar-refractivity contribution in [3.05, 3.63) is 120 Å². The summed E-state index contributed by atoms with van der Waals surface area (Å²) in [5.74, 6) is 1.62. The third-order valence-corrected chi connectivity index (χ3v) is 7.18. The van der Waals surface area contributed by atoms with Gasteiger partial charge in [0.15, 0.2) is 0 Å².